The topological polar surface area (TPSA) is 209 Å². The molecule has 4 N–H and O–H groups in total. The maximum atomic E-state index is 17.1. The van der Waals surface area contributed by atoms with Crippen LogP contribution in [0.15, 0.2) is 83.6 Å². The van der Waals surface area contributed by atoms with Crippen LogP contribution < -0.4 is 25.0 Å². The molecule has 7 aromatic rings. The van der Waals surface area contributed by atoms with Crippen molar-refractivity contribution in [2.24, 2.45) is 18.9 Å². The van der Waals surface area contributed by atoms with E-state index in [1.807, 2.05) is 76.3 Å². The average molecular weight is 1050 g/mol. The number of phenolic OH excluding ortho intramolecular Hbond substituents is 1. The van der Waals surface area contributed by atoms with E-state index in [9.17, 15) is 19.8 Å². The van der Waals surface area contributed by atoms with Crippen molar-refractivity contribution in [3.8, 4) is 40.2 Å². The number of aromatic hydroxyl groups is 1. The van der Waals surface area contributed by atoms with Crippen LogP contribution in [0.4, 0.5) is 10.2 Å². The summed E-state index contributed by atoms with van der Waals surface area (Å²) in [4.78, 5) is 48.4. The molecule has 2 unspecified atom stereocenters. The minimum Gasteiger partial charge on any atom is -0.508 e. The maximum Gasteiger partial charge on any atom is 0.319 e. The Morgan fingerprint density at radius 3 is 2.47 bits per heavy atom. The Hall–Kier alpha value is -7.22. The van der Waals surface area contributed by atoms with Gasteiger partial charge in [0.25, 0.3) is 5.88 Å². The lowest BCUT2D eigenvalue weighted by atomic mass is 9.91. The number of piperidine rings is 1. The number of hydrogen-bond acceptors (Lipinski definition) is 15. The molecule has 0 saturated carbocycles. The lowest BCUT2D eigenvalue weighted by Gasteiger charge is -2.34. The molecule has 0 spiro atoms. The van der Waals surface area contributed by atoms with Gasteiger partial charge in [-0.1, -0.05) is 63.2 Å². The summed E-state index contributed by atoms with van der Waals surface area (Å²) >= 11 is 0. The summed E-state index contributed by atoms with van der Waals surface area (Å²) in [6.07, 6.45) is 7.31. The maximum absolute atomic E-state index is 17.1. The van der Waals surface area contributed by atoms with Gasteiger partial charge in [-0.05, 0) is 115 Å². The van der Waals surface area contributed by atoms with Crippen LogP contribution >= 0.6 is 0 Å². The summed E-state index contributed by atoms with van der Waals surface area (Å²) in [7, 11) is 1.89. The lowest BCUT2D eigenvalue weighted by molar-refractivity contribution is -0.141. The predicted molar refractivity (Wildman–Crippen MR) is 289 cm³/mol. The fraction of sp³-hybridized carbons (Fsp3) is 0.466. The number of aliphatic hydroxyl groups is 1. The molecule has 0 aliphatic carbocycles. The highest BCUT2D eigenvalue weighted by Crippen LogP contribution is 2.40. The van der Waals surface area contributed by atoms with E-state index in [1.54, 1.807) is 35.3 Å². The number of benzene rings is 3. The Labute approximate surface area is 446 Å². The third kappa shape index (κ3) is 10.8. The molecule has 19 heteroatoms. The van der Waals surface area contributed by atoms with Gasteiger partial charge in [-0.25, -0.2) is 4.39 Å². The molecule has 0 radical (unpaired) electrons. The number of nitrogens with one attached hydrogen (secondary N) is 2. The van der Waals surface area contributed by atoms with Crippen LogP contribution in [0.3, 0.4) is 0 Å². The Morgan fingerprint density at radius 2 is 1.74 bits per heavy atom. The van der Waals surface area contributed by atoms with Crippen LogP contribution in [0.25, 0.3) is 44.2 Å². The minimum atomic E-state index is -0.854. The molecule has 4 aliphatic rings. The Morgan fingerprint density at radius 1 is 0.961 bits per heavy atom. The van der Waals surface area contributed by atoms with Gasteiger partial charge in [-0.2, -0.15) is 15.1 Å². The molecule has 2 amide bonds. The quantitative estimate of drug-likeness (QED) is 0.0704. The number of carbonyl (C=O) groups is 2. The second-order valence-electron chi connectivity index (χ2n) is 21.7. The van der Waals surface area contributed by atoms with Gasteiger partial charge in [-0.3, -0.25) is 24.2 Å². The number of fused-ring (bicyclic) bond motifs is 4. The van der Waals surface area contributed by atoms with E-state index in [-0.39, 0.29) is 71.5 Å². The average Bonchev–Trinajstić information content (AvgIpc) is 4.26. The molecule has 4 saturated heterocycles. The number of β-amino-alcohol motifs (C(OH)–C–C–N with tert-alkyl or cyclic N) is 1. The SMILES string of the molecule is CCc1cccc2cc(O)cc(-c3ncc4c(N5CC6CCC(C5)N6)nc(OCCN5CCC(COc6cc([C@@H](C(=O)N7C[C@H](O)C[C@H]7C(=O)N[C@@H](C)c7ccc(-c8ccnn8C)cc7)C(C)C)on6)CC5)nc4c3F)c12. The van der Waals surface area contributed by atoms with Gasteiger partial charge in [0.15, 0.2) is 11.6 Å². The van der Waals surface area contributed by atoms with Gasteiger partial charge >= 0.3 is 6.01 Å². The standard InChI is InChI=1S/C58H68FN11O7/c1-6-36-8-7-9-39-24-42(71)25-44(51(36)39)53-52(59)54-45(28-60-53)55(69-29-40-14-15-41(30-69)63-40)65-58(64-54)75-23-22-68-20-17-35(18-21-68)32-76-49-27-48(77-66-49)50(33(2)3)57(74)70-31-43(72)26-47(70)56(73)62-34(4)37-10-12-38(13-11-37)46-16-19-61-67(46)5/h7-13,16,19,24-25,27-28,33-35,40-41,43,47,50,63,71-72H,6,14-15,17-18,20-23,26,29-32H2,1-5H3,(H,62,73)/t34-,40?,41?,43+,47-,50-/m0/s1. The molecule has 18 nitrogen and oxygen atoms in total. The van der Waals surface area contributed by atoms with Crippen LogP contribution in [-0.4, -0.2) is 138 Å². The van der Waals surface area contributed by atoms with Crippen LogP contribution in [-0.2, 0) is 23.1 Å². The molecule has 11 rings (SSSR count). The molecular weight excluding hydrogens is 982 g/mol. The normalized spacial score (nSPS) is 20.8. The molecule has 2 bridgehead atoms. The zero-order valence-electron chi connectivity index (χ0n) is 44.4. The van der Waals surface area contributed by atoms with Gasteiger partial charge in [0, 0.05) is 75.8 Å². The van der Waals surface area contributed by atoms with Gasteiger partial charge in [0.1, 0.15) is 41.3 Å². The number of amides is 2. The zero-order valence-corrected chi connectivity index (χ0v) is 44.4. The van der Waals surface area contributed by atoms with E-state index in [1.165, 1.54) is 4.90 Å². The van der Waals surface area contributed by atoms with E-state index in [2.05, 4.69) is 37.6 Å². The van der Waals surface area contributed by atoms with Crippen molar-refractivity contribution in [1.29, 1.82) is 0 Å². The van der Waals surface area contributed by atoms with E-state index >= 15 is 4.39 Å². The molecule has 4 aliphatic heterocycles. The number of hydrogen-bond donors (Lipinski definition) is 4. The number of nitrogens with zero attached hydrogens (tertiary/aromatic N) is 9. The first-order chi connectivity index (χ1) is 37.3. The summed E-state index contributed by atoms with van der Waals surface area (Å²) < 4.78 is 37.1. The number of anilines is 1. The van der Waals surface area contributed by atoms with Crippen molar-refractivity contribution in [3.63, 3.8) is 0 Å². The van der Waals surface area contributed by atoms with E-state index in [4.69, 9.17) is 28.9 Å². The first-order valence-corrected chi connectivity index (χ1v) is 27.2. The van der Waals surface area contributed by atoms with E-state index < -0.39 is 23.9 Å². The van der Waals surface area contributed by atoms with Gasteiger partial charge < -0.3 is 44.6 Å². The zero-order chi connectivity index (χ0) is 53.5. The molecule has 4 fully saturated rings. The Bertz CT molecular complexity index is 3260. The third-order valence-electron chi connectivity index (χ3n) is 16.2. The van der Waals surface area contributed by atoms with Crippen molar-refractivity contribution in [3.05, 3.63) is 102 Å². The first kappa shape index (κ1) is 51.9. The number of piperazine rings is 1. The van der Waals surface area contributed by atoms with Crippen LogP contribution in [0.1, 0.15) is 88.6 Å². The molecule has 3 aromatic carbocycles. The highest BCUT2D eigenvalue weighted by molar-refractivity contribution is 6.01. The fourth-order valence-corrected chi connectivity index (χ4v) is 12.0. The Kier molecular flexibility index (Phi) is 14.8. The van der Waals surface area contributed by atoms with Crippen molar-refractivity contribution in [2.45, 2.75) is 102 Å². The molecule has 6 atom stereocenters. The molecule has 4 aromatic heterocycles. The van der Waals surface area contributed by atoms with E-state index in [0.29, 0.717) is 54.4 Å². The summed E-state index contributed by atoms with van der Waals surface area (Å²) in [5, 5.41) is 38.9. The monoisotopic (exact) mass is 1050 g/mol. The largest absolute Gasteiger partial charge is 0.508 e. The number of ether oxygens (including phenoxy) is 2. The van der Waals surface area contributed by atoms with E-state index in [0.717, 1.165) is 91.4 Å². The van der Waals surface area contributed by atoms with Crippen LogP contribution in [0, 0.1) is 17.7 Å². The van der Waals surface area contributed by atoms with Gasteiger partial charge in [0.2, 0.25) is 11.8 Å². The number of carbonyl (C=O) groups excluding carboxylic acids is 2. The number of aromatic nitrogens is 6. The smallest absolute Gasteiger partial charge is 0.319 e. The summed E-state index contributed by atoms with van der Waals surface area (Å²) in [6.45, 7) is 12.3. The fourth-order valence-electron chi connectivity index (χ4n) is 12.0. The highest BCUT2D eigenvalue weighted by atomic mass is 19.1. The van der Waals surface area contributed by atoms with Crippen molar-refractivity contribution < 1.29 is 38.2 Å². The van der Waals surface area contributed by atoms with Crippen LogP contribution in [0.2, 0.25) is 0 Å². The molecule has 8 heterocycles. The number of likely N-dealkylation sites (tertiary alicyclic amines) is 2. The second-order valence-corrected chi connectivity index (χ2v) is 21.7. The van der Waals surface area contributed by atoms with Gasteiger partial charge in [0.05, 0.1) is 29.8 Å². The number of halogens is 1. The Balaban J connectivity index is 0.700. The summed E-state index contributed by atoms with van der Waals surface area (Å²) in [6, 6.07) is 20.2. The summed E-state index contributed by atoms with van der Waals surface area (Å²) in [5.41, 5.74) is 4.67. The number of rotatable bonds is 17. The highest BCUT2D eigenvalue weighted by Gasteiger charge is 2.44. The number of aliphatic hydroxyl groups excluding tert-OH is 1. The number of aryl methyl sites for hydroxylation is 2. The number of pyridine rings is 1. The van der Waals surface area contributed by atoms with Crippen molar-refractivity contribution >= 4 is 39.3 Å². The molecular formula is C58H68FN11O7. The lowest BCUT2D eigenvalue weighted by Crippen LogP contribution is -2.51. The van der Waals surface area contributed by atoms with Crippen molar-refractivity contribution in [1.82, 2.24) is 50.3 Å². The number of phenols is 1. The molecule has 404 valence electrons. The summed E-state index contributed by atoms with van der Waals surface area (Å²) in [5.74, 6) is -0.666. The molecule has 77 heavy (non-hydrogen) atoms. The second kappa shape index (κ2) is 22.0. The van der Waals surface area contributed by atoms with Crippen LogP contribution in [0.5, 0.6) is 17.6 Å². The minimum absolute atomic E-state index is 0.0303. The third-order valence-corrected chi connectivity index (χ3v) is 16.2. The first-order valence-electron chi connectivity index (χ1n) is 27.2. The van der Waals surface area contributed by atoms with Crippen molar-refractivity contribution in [2.75, 3.05) is 57.4 Å². The van der Waals surface area contributed by atoms with Gasteiger partial charge in [-0.15, -0.1) is 0 Å². The predicted octanol–water partition coefficient (Wildman–Crippen LogP) is 7.33.